The van der Waals surface area contributed by atoms with Crippen LogP contribution in [0, 0.1) is 6.92 Å². The van der Waals surface area contributed by atoms with E-state index in [9.17, 15) is 9.90 Å². The summed E-state index contributed by atoms with van der Waals surface area (Å²) in [5, 5.41) is 14.2. The second kappa shape index (κ2) is 4.76. The van der Waals surface area contributed by atoms with Crippen molar-refractivity contribution in [2.45, 2.75) is 12.5 Å². The highest BCUT2D eigenvalue weighted by Gasteiger charge is 2.48. The number of anilines is 1. The van der Waals surface area contributed by atoms with Crippen molar-refractivity contribution >= 4 is 23.2 Å². The third-order valence-corrected chi connectivity index (χ3v) is 3.93. The van der Waals surface area contributed by atoms with E-state index < -0.39 is 11.5 Å². The monoisotopic (exact) mass is 303 g/mol. The summed E-state index contributed by atoms with van der Waals surface area (Å²) in [7, 11) is 1.50. The number of nitrogens with one attached hydrogen (secondary N) is 1. The highest BCUT2D eigenvalue weighted by atomic mass is 35.5. The van der Waals surface area contributed by atoms with E-state index in [0.29, 0.717) is 27.6 Å². The van der Waals surface area contributed by atoms with Crippen molar-refractivity contribution < 1.29 is 14.6 Å². The van der Waals surface area contributed by atoms with Crippen LogP contribution in [-0.2, 0) is 10.4 Å². The van der Waals surface area contributed by atoms with E-state index in [0.717, 1.165) is 5.56 Å². The van der Waals surface area contributed by atoms with Gasteiger partial charge in [-0.1, -0.05) is 23.2 Å². The zero-order chi connectivity index (χ0) is 15.2. The molecule has 2 N–H and O–H groups in total. The Morgan fingerprint density at radius 1 is 1.19 bits per heavy atom. The number of benzene rings is 2. The molecule has 0 fully saturated rings. The Labute approximate surface area is 127 Å². The number of aryl methyl sites for hydroxylation is 1. The molecule has 1 heterocycles. The van der Waals surface area contributed by atoms with Gasteiger partial charge in [-0.2, -0.15) is 0 Å². The van der Waals surface area contributed by atoms with Gasteiger partial charge in [0.15, 0.2) is 5.60 Å². The number of hydrogen-bond acceptors (Lipinski definition) is 3. The number of halogens is 1. The van der Waals surface area contributed by atoms with Crippen LogP contribution < -0.4 is 10.1 Å². The lowest BCUT2D eigenvalue weighted by atomic mass is 9.86. The molecule has 0 bridgehead atoms. The third kappa shape index (κ3) is 1.99. The lowest BCUT2D eigenvalue weighted by molar-refractivity contribution is -0.129. The molecule has 1 aliphatic heterocycles. The molecule has 0 spiro atoms. The highest BCUT2D eigenvalue weighted by Crippen LogP contribution is 2.45. The molecule has 1 amide bonds. The molecule has 0 aromatic heterocycles. The predicted molar refractivity (Wildman–Crippen MR) is 80.8 cm³/mol. The van der Waals surface area contributed by atoms with Gasteiger partial charge in [0, 0.05) is 21.8 Å². The van der Waals surface area contributed by atoms with Gasteiger partial charge in [0.25, 0.3) is 5.91 Å². The van der Waals surface area contributed by atoms with Crippen LogP contribution in [0.5, 0.6) is 5.75 Å². The predicted octanol–water partition coefficient (Wildman–Crippen LogP) is 2.85. The fourth-order valence-corrected chi connectivity index (χ4v) is 2.80. The molecule has 3 rings (SSSR count). The maximum atomic E-state index is 12.4. The lowest BCUT2D eigenvalue weighted by Gasteiger charge is -2.24. The van der Waals surface area contributed by atoms with Crippen molar-refractivity contribution in [3.8, 4) is 5.75 Å². The van der Waals surface area contributed by atoms with Crippen molar-refractivity contribution in [2.75, 3.05) is 12.4 Å². The van der Waals surface area contributed by atoms with Gasteiger partial charge in [-0.15, -0.1) is 0 Å². The number of ether oxygens (including phenoxy) is 1. The first-order chi connectivity index (χ1) is 9.96. The van der Waals surface area contributed by atoms with E-state index in [4.69, 9.17) is 16.3 Å². The van der Waals surface area contributed by atoms with Crippen LogP contribution in [0.25, 0.3) is 0 Å². The molecule has 1 aliphatic rings. The molecule has 21 heavy (non-hydrogen) atoms. The Hall–Kier alpha value is -2.04. The summed E-state index contributed by atoms with van der Waals surface area (Å²) >= 11 is 6.01. The van der Waals surface area contributed by atoms with E-state index in [1.807, 2.05) is 13.0 Å². The van der Waals surface area contributed by atoms with Crippen LogP contribution in [0.15, 0.2) is 36.4 Å². The summed E-state index contributed by atoms with van der Waals surface area (Å²) in [5.74, 6) is -0.0604. The van der Waals surface area contributed by atoms with Gasteiger partial charge < -0.3 is 15.2 Å². The van der Waals surface area contributed by atoms with Crippen LogP contribution in [0.1, 0.15) is 16.7 Å². The second-order valence-electron chi connectivity index (χ2n) is 5.06. The van der Waals surface area contributed by atoms with Gasteiger partial charge in [0.05, 0.1) is 7.11 Å². The van der Waals surface area contributed by atoms with Gasteiger partial charge in [-0.3, -0.25) is 4.79 Å². The average molecular weight is 304 g/mol. The fraction of sp³-hybridized carbons (Fsp3) is 0.188. The maximum Gasteiger partial charge on any atom is 0.266 e. The Morgan fingerprint density at radius 2 is 1.95 bits per heavy atom. The minimum absolute atomic E-state index is 0.406. The van der Waals surface area contributed by atoms with Gasteiger partial charge in [0.1, 0.15) is 5.75 Å². The molecule has 0 radical (unpaired) electrons. The number of amides is 1. The van der Waals surface area contributed by atoms with E-state index in [1.54, 1.807) is 30.3 Å². The standard InChI is InChI=1S/C16H14ClNO3/c1-9-3-6-14(21-2)12(7-9)16(20)11-8-10(17)4-5-13(11)18-15(16)19/h3-8,20H,1-2H3,(H,18,19). The topological polar surface area (TPSA) is 58.6 Å². The van der Waals surface area contributed by atoms with Crippen LogP contribution in [-0.4, -0.2) is 18.1 Å². The number of hydrogen-bond donors (Lipinski definition) is 2. The Kier molecular flexibility index (Phi) is 3.15. The second-order valence-corrected chi connectivity index (χ2v) is 5.49. The first kappa shape index (κ1) is 13.9. The average Bonchev–Trinajstić information content (AvgIpc) is 2.72. The molecule has 1 atom stereocenters. The van der Waals surface area contributed by atoms with Crippen LogP contribution in [0.2, 0.25) is 5.02 Å². The first-order valence-electron chi connectivity index (χ1n) is 6.46. The molecule has 0 saturated heterocycles. The van der Waals surface area contributed by atoms with E-state index >= 15 is 0 Å². The Morgan fingerprint density at radius 3 is 2.67 bits per heavy atom. The molecular formula is C16H14ClNO3. The van der Waals surface area contributed by atoms with Crippen molar-refractivity contribution in [3.05, 3.63) is 58.1 Å². The summed E-state index contributed by atoms with van der Waals surface area (Å²) in [5.41, 5.74) is 0.503. The van der Waals surface area contributed by atoms with Crippen LogP contribution >= 0.6 is 11.6 Å². The Balaban J connectivity index is 2.29. The zero-order valence-electron chi connectivity index (χ0n) is 11.6. The molecule has 2 aromatic rings. The smallest absolute Gasteiger partial charge is 0.266 e. The summed E-state index contributed by atoms with van der Waals surface area (Å²) < 4.78 is 5.30. The molecular weight excluding hydrogens is 290 g/mol. The van der Waals surface area contributed by atoms with Crippen LogP contribution in [0.4, 0.5) is 5.69 Å². The molecule has 0 saturated carbocycles. The lowest BCUT2D eigenvalue weighted by Crippen LogP contribution is -2.35. The van der Waals surface area contributed by atoms with E-state index in [-0.39, 0.29) is 0 Å². The number of carbonyl (C=O) groups excluding carboxylic acids is 1. The van der Waals surface area contributed by atoms with Crippen molar-refractivity contribution in [1.29, 1.82) is 0 Å². The summed E-state index contributed by atoms with van der Waals surface area (Å²) in [6.07, 6.45) is 0. The number of carbonyl (C=O) groups is 1. The quantitative estimate of drug-likeness (QED) is 0.897. The third-order valence-electron chi connectivity index (χ3n) is 3.69. The minimum Gasteiger partial charge on any atom is -0.496 e. The highest BCUT2D eigenvalue weighted by molar-refractivity contribution is 6.31. The van der Waals surface area contributed by atoms with Crippen molar-refractivity contribution in [2.24, 2.45) is 0 Å². The van der Waals surface area contributed by atoms with Crippen molar-refractivity contribution in [1.82, 2.24) is 0 Å². The SMILES string of the molecule is COc1ccc(C)cc1C1(O)C(=O)Nc2ccc(Cl)cc21. The van der Waals surface area contributed by atoms with Gasteiger partial charge in [0.2, 0.25) is 0 Å². The number of fused-ring (bicyclic) bond motifs is 1. The van der Waals surface area contributed by atoms with Gasteiger partial charge in [-0.05, 0) is 37.3 Å². The Bertz CT molecular complexity index is 744. The first-order valence-corrected chi connectivity index (χ1v) is 6.83. The molecule has 4 nitrogen and oxygen atoms in total. The number of rotatable bonds is 2. The molecule has 0 aliphatic carbocycles. The van der Waals surface area contributed by atoms with E-state index in [1.165, 1.54) is 7.11 Å². The van der Waals surface area contributed by atoms with Crippen LogP contribution in [0.3, 0.4) is 0 Å². The fourth-order valence-electron chi connectivity index (χ4n) is 2.63. The zero-order valence-corrected chi connectivity index (χ0v) is 12.4. The molecule has 2 aromatic carbocycles. The van der Waals surface area contributed by atoms with E-state index in [2.05, 4.69) is 5.32 Å². The molecule has 1 unspecified atom stereocenters. The minimum atomic E-state index is -1.81. The molecule has 108 valence electrons. The summed E-state index contributed by atoms with van der Waals surface area (Å²) in [4.78, 5) is 12.4. The van der Waals surface area contributed by atoms with Gasteiger partial charge >= 0.3 is 0 Å². The van der Waals surface area contributed by atoms with Crippen molar-refractivity contribution in [3.63, 3.8) is 0 Å². The molecule has 5 heteroatoms. The number of aliphatic hydroxyl groups is 1. The van der Waals surface area contributed by atoms with Gasteiger partial charge in [-0.25, -0.2) is 0 Å². The summed E-state index contributed by atoms with van der Waals surface area (Å²) in [6.45, 7) is 1.89. The normalized spacial score (nSPS) is 20.1. The summed E-state index contributed by atoms with van der Waals surface area (Å²) in [6, 6.07) is 10.3. The largest absolute Gasteiger partial charge is 0.496 e. The number of methoxy groups -OCH3 is 1. The maximum absolute atomic E-state index is 12.4.